The summed E-state index contributed by atoms with van der Waals surface area (Å²) >= 11 is 6.04. The first-order chi connectivity index (χ1) is 8.71. The summed E-state index contributed by atoms with van der Waals surface area (Å²) in [7, 11) is 1.71. The van der Waals surface area contributed by atoms with Crippen LogP contribution in [0.4, 0.5) is 0 Å². The van der Waals surface area contributed by atoms with Gasteiger partial charge in [0.15, 0.2) is 0 Å². The molecule has 1 aromatic carbocycles. The van der Waals surface area contributed by atoms with Gasteiger partial charge >= 0.3 is 0 Å². The smallest absolute Gasteiger partial charge is 0.122 e. The quantitative estimate of drug-likeness (QED) is 0.768. The number of nitrogens with one attached hydrogen (secondary N) is 1. The third kappa shape index (κ3) is 4.87. The molecule has 18 heavy (non-hydrogen) atoms. The van der Waals surface area contributed by atoms with E-state index < -0.39 is 0 Å². The first-order valence-corrected chi connectivity index (χ1v) is 7.14. The Hall–Kier alpha value is -0.730. The molecule has 0 fully saturated rings. The van der Waals surface area contributed by atoms with Crippen LogP contribution in [0.2, 0.25) is 5.02 Å². The fraction of sp³-hybridized carbons (Fsp3) is 0.600. The van der Waals surface area contributed by atoms with Gasteiger partial charge in [-0.25, -0.2) is 0 Å². The highest BCUT2D eigenvalue weighted by atomic mass is 35.5. The van der Waals surface area contributed by atoms with Gasteiger partial charge in [-0.05, 0) is 56.0 Å². The van der Waals surface area contributed by atoms with Gasteiger partial charge in [0.1, 0.15) is 5.75 Å². The van der Waals surface area contributed by atoms with E-state index in [0.717, 1.165) is 36.6 Å². The zero-order valence-corrected chi connectivity index (χ0v) is 12.4. The maximum absolute atomic E-state index is 6.04. The van der Waals surface area contributed by atoms with Crippen LogP contribution in [0.15, 0.2) is 18.2 Å². The van der Waals surface area contributed by atoms with Crippen molar-refractivity contribution >= 4 is 11.6 Å². The lowest BCUT2D eigenvalue weighted by Crippen LogP contribution is -2.29. The summed E-state index contributed by atoms with van der Waals surface area (Å²) in [4.78, 5) is 0. The van der Waals surface area contributed by atoms with Crippen LogP contribution in [0.3, 0.4) is 0 Å². The second kappa shape index (κ2) is 8.39. The highest BCUT2D eigenvalue weighted by molar-refractivity contribution is 6.30. The molecule has 1 rings (SSSR count). The summed E-state index contributed by atoms with van der Waals surface area (Å²) in [5, 5.41) is 4.35. The molecule has 0 aliphatic heterocycles. The molecule has 1 atom stereocenters. The predicted octanol–water partition coefficient (Wildman–Crippen LogP) is 4.06. The average Bonchev–Trinajstić information content (AvgIpc) is 2.39. The maximum atomic E-state index is 6.04. The first-order valence-electron chi connectivity index (χ1n) is 6.77. The molecule has 0 bridgehead atoms. The number of hydrogen-bond acceptors (Lipinski definition) is 2. The maximum Gasteiger partial charge on any atom is 0.122 e. The minimum atomic E-state index is 0.577. The van der Waals surface area contributed by atoms with Crippen LogP contribution in [0.1, 0.15) is 38.7 Å². The Kier molecular flexibility index (Phi) is 7.14. The second-order valence-corrected chi connectivity index (χ2v) is 4.99. The van der Waals surface area contributed by atoms with Crippen LogP contribution in [-0.4, -0.2) is 19.7 Å². The van der Waals surface area contributed by atoms with Gasteiger partial charge in [0.2, 0.25) is 0 Å². The van der Waals surface area contributed by atoms with Crippen molar-refractivity contribution in [2.45, 2.75) is 45.6 Å². The fourth-order valence-electron chi connectivity index (χ4n) is 2.07. The SMILES string of the molecule is CCCNC(CC)CCc1cc(Cl)ccc1OC. The molecule has 0 aliphatic carbocycles. The molecular formula is C15H24ClNO. The van der Waals surface area contributed by atoms with Gasteiger partial charge in [-0.3, -0.25) is 0 Å². The van der Waals surface area contributed by atoms with Gasteiger partial charge in [-0.1, -0.05) is 25.4 Å². The third-order valence-electron chi connectivity index (χ3n) is 3.18. The van der Waals surface area contributed by atoms with E-state index in [2.05, 4.69) is 19.2 Å². The molecule has 2 nitrogen and oxygen atoms in total. The fourth-order valence-corrected chi connectivity index (χ4v) is 2.27. The minimum Gasteiger partial charge on any atom is -0.496 e. The van der Waals surface area contributed by atoms with Crippen molar-refractivity contribution in [3.05, 3.63) is 28.8 Å². The largest absolute Gasteiger partial charge is 0.496 e. The number of ether oxygens (including phenoxy) is 1. The van der Waals surface area contributed by atoms with E-state index in [9.17, 15) is 0 Å². The Morgan fingerprint density at radius 2 is 2.11 bits per heavy atom. The van der Waals surface area contributed by atoms with Gasteiger partial charge in [0.05, 0.1) is 7.11 Å². The summed E-state index contributed by atoms with van der Waals surface area (Å²) in [5.74, 6) is 0.935. The molecule has 0 spiro atoms. The second-order valence-electron chi connectivity index (χ2n) is 4.55. The minimum absolute atomic E-state index is 0.577. The molecule has 1 unspecified atom stereocenters. The Morgan fingerprint density at radius 1 is 1.33 bits per heavy atom. The number of hydrogen-bond donors (Lipinski definition) is 1. The van der Waals surface area contributed by atoms with E-state index in [-0.39, 0.29) is 0 Å². The number of aryl methyl sites for hydroxylation is 1. The summed E-state index contributed by atoms with van der Waals surface area (Å²) in [5.41, 5.74) is 1.20. The third-order valence-corrected chi connectivity index (χ3v) is 3.42. The van der Waals surface area contributed by atoms with E-state index in [4.69, 9.17) is 16.3 Å². The molecule has 3 heteroatoms. The monoisotopic (exact) mass is 269 g/mol. The predicted molar refractivity (Wildman–Crippen MR) is 78.7 cm³/mol. The number of benzene rings is 1. The molecule has 0 heterocycles. The van der Waals surface area contributed by atoms with Crippen molar-refractivity contribution < 1.29 is 4.74 Å². The Bertz CT molecular complexity index is 354. The van der Waals surface area contributed by atoms with E-state index >= 15 is 0 Å². The van der Waals surface area contributed by atoms with Crippen molar-refractivity contribution in [1.29, 1.82) is 0 Å². The van der Waals surface area contributed by atoms with Crippen molar-refractivity contribution in [1.82, 2.24) is 5.32 Å². The molecule has 1 N–H and O–H groups in total. The van der Waals surface area contributed by atoms with Crippen molar-refractivity contribution in [3.63, 3.8) is 0 Å². The van der Waals surface area contributed by atoms with Crippen LogP contribution in [0.25, 0.3) is 0 Å². The van der Waals surface area contributed by atoms with Gasteiger partial charge in [0, 0.05) is 11.1 Å². The van der Waals surface area contributed by atoms with Gasteiger partial charge in [-0.2, -0.15) is 0 Å². The number of rotatable bonds is 8. The zero-order chi connectivity index (χ0) is 13.4. The van der Waals surface area contributed by atoms with Crippen LogP contribution < -0.4 is 10.1 Å². The molecular weight excluding hydrogens is 246 g/mol. The van der Waals surface area contributed by atoms with Gasteiger partial charge in [-0.15, -0.1) is 0 Å². The number of halogens is 1. The van der Waals surface area contributed by atoms with Crippen molar-refractivity contribution in [3.8, 4) is 5.75 Å². The highest BCUT2D eigenvalue weighted by Gasteiger charge is 2.08. The van der Waals surface area contributed by atoms with Gasteiger partial charge in [0.25, 0.3) is 0 Å². The lowest BCUT2D eigenvalue weighted by Gasteiger charge is -2.17. The Morgan fingerprint density at radius 3 is 2.72 bits per heavy atom. The standard InChI is InChI=1S/C15H24ClNO/c1-4-10-17-14(5-2)8-6-12-11-13(16)7-9-15(12)18-3/h7,9,11,14,17H,4-6,8,10H2,1-3H3. The molecule has 1 aromatic rings. The zero-order valence-electron chi connectivity index (χ0n) is 11.6. The topological polar surface area (TPSA) is 21.3 Å². The van der Waals surface area contributed by atoms with Crippen LogP contribution in [0.5, 0.6) is 5.75 Å². The molecule has 0 saturated heterocycles. The lowest BCUT2D eigenvalue weighted by molar-refractivity contribution is 0.405. The molecule has 0 aliphatic rings. The van der Waals surface area contributed by atoms with Crippen molar-refractivity contribution in [2.24, 2.45) is 0 Å². The van der Waals surface area contributed by atoms with Crippen LogP contribution in [0, 0.1) is 0 Å². The molecule has 102 valence electrons. The number of methoxy groups -OCH3 is 1. The summed E-state index contributed by atoms with van der Waals surface area (Å²) in [6, 6.07) is 6.40. The van der Waals surface area contributed by atoms with E-state index in [1.165, 1.54) is 12.0 Å². The average molecular weight is 270 g/mol. The van der Waals surface area contributed by atoms with E-state index in [0.29, 0.717) is 6.04 Å². The van der Waals surface area contributed by atoms with Crippen molar-refractivity contribution in [2.75, 3.05) is 13.7 Å². The molecule has 0 radical (unpaired) electrons. The Balaban J connectivity index is 2.57. The Labute approximate surface area is 116 Å². The van der Waals surface area contributed by atoms with Gasteiger partial charge < -0.3 is 10.1 Å². The first kappa shape index (κ1) is 15.3. The highest BCUT2D eigenvalue weighted by Crippen LogP contribution is 2.24. The summed E-state index contributed by atoms with van der Waals surface area (Å²) in [6.45, 7) is 5.51. The molecule has 0 aromatic heterocycles. The summed E-state index contributed by atoms with van der Waals surface area (Å²) in [6.07, 6.45) is 4.45. The van der Waals surface area contributed by atoms with E-state index in [1.807, 2.05) is 18.2 Å². The summed E-state index contributed by atoms with van der Waals surface area (Å²) < 4.78 is 5.37. The van der Waals surface area contributed by atoms with E-state index in [1.54, 1.807) is 7.11 Å². The normalized spacial score (nSPS) is 12.4. The lowest BCUT2D eigenvalue weighted by atomic mass is 10.0. The molecule has 0 amide bonds. The van der Waals surface area contributed by atoms with Crippen LogP contribution >= 0.6 is 11.6 Å². The molecule has 0 saturated carbocycles. The van der Waals surface area contributed by atoms with Crippen LogP contribution in [-0.2, 0) is 6.42 Å².